The fourth-order valence-corrected chi connectivity index (χ4v) is 2.93. The van der Waals surface area contributed by atoms with E-state index in [-0.39, 0.29) is 0 Å². The number of ketones is 1. The molecule has 5 heteroatoms. The molecule has 1 aliphatic rings. The molecule has 3 rings (SSSR count). The van der Waals surface area contributed by atoms with Gasteiger partial charge in [-0.2, -0.15) is 0 Å². The Morgan fingerprint density at radius 2 is 1.78 bits per heavy atom. The van der Waals surface area contributed by atoms with E-state index in [9.17, 15) is 9.59 Å². The molecule has 0 unspecified atom stereocenters. The summed E-state index contributed by atoms with van der Waals surface area (Å²) in [7, 11) is 0. The van der Waals surface area contributed by atoms with Crippen molar-refractivity contribution >= 4 is 33.3 Å². The summed E-state index contributed by atoms with van der Waals surface area (Å²) in [4.78, 5) is 25.6. The highest BCUT2D eigenvalue weighted by atomic mass is 79.9. The molecule has 0 atom stereocenters. The number of para-hydroxylation sites is 1. The number of anilines is 1. The standard InChI is InChI=1S/C18H16BrNO3/c19-13-8-9-16-15(12-13)17(21)18(22)20(16)10-4-5-11-23-14-6-2-1-3-7-14/h1-3,6-9,12H,4-5,10-11H2. The lowest BCUT2D eigenvalue weighted by Crippen LogP contribution is -2.30. The van der Waals surface area contributed by atoms with Gasteiger partial charge in [0, 0.05) is 11.0 Å². The van der Waals surface area contributed by atoms with Crippen LogP contribution in [0.4, 0.5) is 5.69 Å². The van der Waals surface area contributed by atoms with Crippen LogP contribution in [0, 0.1) is 0 Å². The van der Waals surface area contributed by atoms with Crippen LogP contribution in [0.25, 0.3) is 0 Å². The maximum absolute atomic E-state index is 12.1. The summed E-state index contributed by atoms with van der Waals surface area (Å²) in [6.07, 6.45) is 1.60. The zero-order valence-corrected chi connectivity index (χ0v) is 14.1. The lowest BCUT2D eigenvalue weighted by atomic mass is 10.1. The summed E-state index contributed by atoms with van der Waals surface area (Å²) in [5.74, 6) is -0.0287. The Kier molecular flexibility index (Phi) is 4.76. The number of fused-ring (bicyclic) bond motifs is 1. The Morgan fingerprint density at radius 3 is 2.57 bits per heavy atom. The number of benzene rings is 2. The third kappa shape index (κ3) is 3.45. The third-order valence-electron chi connectivity index (χ3n) is 3.72. The summed E-state index contributed by atoms with van der Waals surface area (Å²) in [6.45, 7) is 1.12. The second-order valence-corrected chi connectivity index (χ2v) is 6.23. The number of amides is 1. The molecular weight excluding hydrogens is 358 g/mol. The second kappa shape index (κ2) is 6.96. The van der Waals surface area contributed by atoms with Crippen molar-refractivity contribution in [3.8, 4) is 5.75 Å². The normalized spacial score (nSPS) is 13.3. The van der Waals surface area contributed by atoms with Gasteiger partial charge in [-0.3, -0.25) is 9.59 Å². The van der Waals surface area contributed by atoms with E-state index >= 15 is 0 Å². The molecule has 2 aromatic rings. The molecular formula is C18H16BrNO3. The topological polar surface area (TPSA) is 46.6 Å². The van der Waals surface area contributed by atoms with Crippen LogP contribution in [-0.2, 0) is 4.79 Å². The SMILES string of the molecule is O=C1C(=O)N(CCCCOc2ccccc2)c2ccc(Br)cc21. The molecule has 1 heterocycles. The Morgan fingerprint density at radius 1 is 1.00 bits per heavy atom. The van der Waals surface area contributed by atoms with Gasteiger partial charge in [0.2, 0.25) is 0 Å². The van der Waals surface area contributed by atoms with Gasteiger partial charge in [0.15, 0.2) is 0 Å². The van der Waals surface area contributed by atoms with Crippen LogP contribution in [0.2, 0.25) is 0 Å². The van der Waals surface area contributed by atoms with Crippen molar-refractivity contribution < 1.29 is 14.3 Å². The van der Waals surface area contributed by atoms with E-state index in [0.29, 0.717) is 24.4 Å². The van der Waals surface area contributed by atoms with E-state index in [1.165, 1.54) is 0 Å². The minimum absolute atomic E-state index is 0.429. The first-order valence-electron chi connectivity index (χ1n) is 7.50. The van der Waals surface area contributed by atoms with Crippen LogP contribution in [0.15, 0.2) is 53.0 Å². The zero-order valence-electron chi connectivity index (χ0n) is 12.5. The van der Waals surface area contributed by atoms with Crippen molar-refractivity contribution in [2.45, 2.75) is 12.8 Å². The van der Waals surface area contributed by atoms with Gasteiger partial charge in [-0.15, -0.1) is 0 Å². The van der Waals surface area contributed by atoms with Gasteiger partial charge < -0.3 is 9.64 Å². The molecule has 0 N–H and O–H groups in total. The van der Waals surface area contributed by atoms with E-state index in [4.69, 9.17) is 4.74 Å². The van der Waals surface area contributed by atoms with Gasteiger partial charge in [0.1, 0.15) is 5.75 Å². The Balaban J connectivity index is 1.53. The summed E-state index contributed by atoms with van der Waals surface area (Å²) < 4.78 is 6.43. The number of hydrogen-bond acceptors (Lipinski definition) is 3. The third-order valence-corrected chi connectivity index (χ3v) is 4.21. The number of Topliss-reactive ketones (excluding diaryl/α,β-unsaturated/α-hetero) is 1. The molecule has 1 aliphatic heterocycles. The molecule has 2 aromatic carbocycles. The lowest BCUT2D eigenvalue weighted by Gasteiger charge is -2.16. The molecule has 0 spiro atoms. The highest BCUT2D eigenvalue weighted by molar-refractivity contribution is 9.10. The van der Waals surface area contributed by atoms with Crippen LogP contribution < -0.4 is 9.64 Å². The van der Waals surface area contributed by atoms with Crippen LogP contribution in [0.3, 0.4) is 0 Å². The van der Waals surface area contributed by atoms with Crippen LogP contribution >= 0.6 is 15.9 Å². The molecule has 0 bridgehead atoms. The first kappa shape index (κ1) is 15.7. The number of halogens is 1. The first-order valence-corrected chi connectivity index (χ1v) is 8.30. The van der Waals surface area contributed by atoms with Gasteiger partial charge in [-0.1, -0.05) is 34.1 Å². The van der Waals surface area contributed by atoms with E-state index in [2.05, 4.69) is 15.9 Å². The molecule has 0 aromatic heterocycles. The Labute approximate surface area is 143 Å². The number of carbonyl (C=O) groups excluding carboxylic acids is 2. The molecule has 0 saturated carbocycles. The van der Waals surface area contributed by atoms with Gasteiger partial charge >= 0.3 is 0 Å². The average Bonchev–Trinajstić information content (AvgIpc) is 2.80. The molecule has 1 amide bonds. The summed E-state index contributed by atoms with van der Waals surface area (Å²) in [5.41, 5.74) is 1.18. The fourth-order valence-electron chi connectivity index (χ4n) is 2.57. The highest BCUT2D eigenvalue weighted by Gasteiger charge is 2.35. The lowest BCUT2D eigenvalue weighted by molar-refractivity contribution is -0.114. The number of rotatable bonds is 6. The van der Waals surface area contributed by atoms with Crippen molar-refractivity contribution in [2.75, 3.05) is 18.1 Å². The molecule has 0 aliphatic carbocycles. The van der Waals surface area contributed by atoms with E-state index in [0.717, 1.165) is 23.1 Å². The molecule has 4 nitrogen and oxygen atoms in total. The Hall–Kier alpha value is -2.14. The average molecular weight is 374 g/mol. The predicted molar refractivity (Wildman–Crippen MR) is 92.0 cm³/mol. The largest absolute Gasteiger partial charge is 0.494 e. The minimum atomic E-state index is -0.443. The number of ether oxygens (including phenoxy) is 1. The van der Waals surface area contributed by atoms with Crippen molar-refractivity contribution in [1.29, 1.82) is 0 Å². The van der Waals surface area contributed by atoms with Crippen LogP contribution in [0.5, 0.6) is 5.75 Å². The maximum Gasteiger partial charge on any atom is 0.299 e. The monoisotopic (exact) mass is 373 g/mol. The number of unbranched alkanes of at least 4 members (excludes halogenated alkanes) is 1. The summed E-state index contributed by atoms with van der Waals surface area (Å²) in [6, 6.07) is 15.0. The van der Waals surface area contributed by atoms with Crippen molar-refractivity contribution in [2.24, 2.45) is 0 Å². The van der Waals surface area contributed by atoms with Gasteiger partial charge in [0.05, 0.1) is 17.9 Å². The van der Waals surface area contributed by atoms with Crippen LogP contribution in [-0.4, -0.2) is 24.8 Å². The molecule has 23 heavy (non-hydrogen) atoms. The number of carbonyl (C=O) groups is 2. The van der Waals surface area contributed by atoms with E-state index < -0.39 is 11.7 Å². The zero-order chi connectivity index (χ0) is 16.2. The number of nitrogens with zero attached hydrogens (tertiary/aromatic N) is 1. The molecule has 0 radical (unpaired) electrons. The molecule has 0 fully saturated rings. The first-order chi connectivity index (χ1) is 11.2. The number of hydrogen-bond donors (Lipinski definition) is 0. The summed E-state index contributed by atoms with van der Waals surface area (Å²) >= 11 is 3.33. The van der Waals surface area contributed by atoms with E-state index in [1.807, 2.05) is 42.5 Å². The highest BCUT2D eigenvalue weighted by Crippen LogP contribution is 2.31. The van der Waals surface area contributed by atoms with Gasteiger partial charge in [-0.25, -0.2) is 0 Å². The smallest absolute Gasteiger partial charge is 0.299 e. The molecule has 0 saturated heterocycles. The maximum atomic E-state index is 12.1. The van der Waals surface area contributed by atoms with Gasteiger partial charge in [0.25, 0.3) is 11.7 Å². The molecule has 118 valence electrons. The van der Waals surface area contributed by atoms with E-state index in [1.54, 1.807) is 11.0 Å². The quantitative estimate of drug-likeness (QED) is 0.570. The van der Waals surface area contributed by atoms with Crippen LogP contribution in [0.1, 0.15) is 23.2 Å². The minimum Gasteiger partial charge on any atom is -0.494 e. The van der Waals surface area contributed by atoms with Gasteiger partial charge in [-0.05, 0) is 43.2 Å². The Bertz CT molecular complexity index is 730. The van der Waals surface area contributed by atoms with Crippen molar-refractivity contribution in [3.05, 3.63) is 58.6 Å². The predicted octanol–water partition coefficient (Wildman–Crippen LogP) is 3.84. The van der Waals surface area contributed by atoms with Crippen molar-refractivity contribution in [1.82, 2.24) is 0 Å². The summed E-state index contributed by atoms with van der Waals surface area (Å²) in [5, 5.41) is 0. The second-order valence-electron chi connectivity index (χ2n) is 5.32. The van der Waals surface area contributed by atoms with Crippen molar-refractivity contribution in [3.63, 3.8) is 0 Å². The fraction of sp³-hybridized carbons (Fsp3) is 0.222.